The molecular weight excluding hydrogens is 279 g/mol. The van der Waals surface area contributed by atoms with Gasteiger partial charge in [0, 0.05) is 13.5 Å². The third kappa shape index (κ3) is 7.72. The van der Waals surface area contributed by atoms with Crippen molar-refractivity contribution >= 4 is 5.97 Å². The summed E-state index contributed by atoms with van der Waals surface area (Å²) < 4.78 is 36.3. The highest BCUT2D eigenvalue weighted by Gasteiger charge is 2.28. The zero-order chi connectivity index (χ0) is 15.8. The molecule has 1 unspecified atom stereocenters. The van der Waals surface area contributed by atoms with E-state index in [1.807, 2.05) is 30.3 Å². The van der Waals surface area contributed by atoms with Gasteiger partial charge in [0.1, 0.15) is 12.0 Å². The highest BCUT2D eigenvalue weighted by atomic mass is 19.4. The summed E-state index contributed by atoms with van der Waals surface area (Å²) in [5.74, 6) is -3.01. The second kappa shape index (κ2) is 8.51. The lowest BCUT2D eigenvalue weighted by molar-refractivity contribution is -0.457. The quantitative estimate of drug-likeness (QED) is 0.704. The Morgan fingerprint density at radius 1 is 1.40 bits per heavy atom. The standard InChI is InChI=1S/C10H15NO2.C2HF3O2/c1-13-10(12)9(11)7-8-5-3-2-4-6-8;3-2(4,5)1(6)7/h2-6,9-10,12H,7,11H2,1H3;(H,6,7)/t9-,10?;/m0./s1. The van der Waals surface area contributed by atoms with Gasteiger partial charge in [-0.3, -0.25) is 0 Å². The summed E-state index contributed by atoms with van der Waals surface area (Å²) in [5.41, 5.74) is 4.99. The van der Waals surface area contributed by atoms with Gasteiger partial charge in [-0.25, -0.2) is 0 Å². The molecule has 2 atom stereocenters. The number of carboxylic acids is 1. The van der Waals surface area contributed by atoms with Crippen LogP contribution in [0.15, 0.2) is 30.3 Å². The number of rotatable bonds is 4. The number of methoxy groups -OCH3 is 1. The van der Waals surface area contributed by atoms with Gasteiger partial charge in [0.25, 0.3) is 0 Å². The third-order valence-electron chi connectivity index (χ3n) is 2.22. The number of aliphatic carboxylic acids is 1. The molecule has 114 valence electrons. The number of halogens is 3. The van der Waals surface area contributed by atoms with Gasteiger partial charge in [0.05, 0.1) is 0 Å². The van der Waals surface area contributed by atoms with E-state index in [-0.39, 0.29) is 6.04 Å². The van der Waals surface area contributed by atoms with Crippen LogP contribution in [0.4, 0.5) is 13.2 Å². The second-order valence-electron chi connectivity index (χ2n) is 3.86. The van der Waals surface area contributed by atoms with Crippen molar-refractivity contribution in [3.63, 3.8) is 0 Å². The third-order valence-corrected chi connectivity index (χ3v) is 2.22. The number of alkyl halides is 3. The maximum atomic E-state index is 10.5. The number of carbonyl (C=O) groups is 1. The van der Waals surface area contributed by atoms with Crippen molar-refractivity contribution in [1.82, 2.24) is 0 Å². The summed E-state index contributed by atoms with van der Waals surface area (Å²) in [6.07, 6.45) is -5.24. The Labute approximate surface area is 113 Å². The number of benzene rings is 1. The number of aliphatic hydroxyl groups is 1. The van der Waals surface area contributed by atoms with Crippen LogP contribution in [-0.2, 0) is 16.0 Å². The Morgan fingerprint density at radius 3 is 2.20 bits per heavy atom. The number of quaternary nitrogens is 1. The van der Waals surface area contributed by atoms with Crippen molar-refractivity contribution in [2.45, 2.75) is 24.9 Å². The van der Waals surface area contributed by atoms with Gasteiger partial charge in [0.2, 0.25) is 6.29 Å². The number of aliphatic hydroxyl groups excluding tert-OH is 1. The molecule has 1 aromatic rings. The van der Waals surface area contributed by atoms with E-state index in [0.29, 0.717) is 0 Å². The zero-order valence-electron chi connectivity index (χ0n) is 10.8. The van der Waals surface area contributed by atoms with Gasteiger partial charge >= 0.3 is 6.18 Å². The molecule has 4 N–H and O–H groups in total. The van der Waals surface area contributed by atoms with Crippen LogP contribution in [0.3, 0.4) is 0 Å². The SMILES string of the molecule is COC(O)[C@@H]([NH3+])Cc1ccccc1.O=C([O-])C(F)(F)F. The Hall–Kier alpha value is -1.64. The van der Waals surface area contributed by atoms with E-state index in [9.17, 15) is 18.3 Å². The van der Waals surface area contributed by atoms with Crippen LogP contribution < -0.4 is 10.8 Å². The smallest absolute Gasteiger partial charge is 0.430 e. The molecule has 0 bridgehead atoms. The van der Waals surface area contributed by atoms with Crippen LogP contribution in [0.1, 0.15) is 5.56 Å². The second-order valence-corrected chi connectivity index (χ2v) is 3.86. The van der Waals surface area contributed by atoms with Crippen molar-refractivity contribution in [2.75, 3.05) is 7.11 Å². The van der Waals surface area contributed by atoms with Gasteiger partial charge in [0.15, 0.2) is 0 Å². The molecule has 1 aromatic carbocycles. The molecule has 1 rings (SSSR count). The van der Waals surface area contributed by atoms with Crippen molar-refractivity contribution in [3.8, 4) is 0 Å². The highest BCUT2D eigenvalue weighted by molar-refractivity contribution is 5.70. The lowest BCUT2D eigenvalue weighted by atomic mass is 10.1. The number of hydrogen-bond donors (Lipinski definition) is 2. The largest absolute Gasteiger partial charge is 0.542 e. The fourth-order valence-electron chi connectivity index (χ4n) is 1.21. The fraction of sp³-hybridized carbons (Fsp3) is 0.417. The molecule has 0 radical (unpaired) electrons. The number of ether oxygens (including phenoxy) is 1. The molecule has 5 nitrogen and oxygen atoms in total. The average molecular weight is 295 g/mol. The van der Waals surface area contributed by atoms with Gasteiger partial charge in [-0.1, -0.05) is 30.3 Å². The molecular formula is C12H16F3NO4. The molecule has 0 heterocycles. The van der Waals surface area contributed by atoms with E-state index in [0.717, 1.165) is 6.42 Å². The first-order valence-electron chi connectivity index (χ1n) is 5.54. The summed E-state index contributed by atoms with van der Waals surface area (Å²) >= 11 is 0. The number of hydrogen-bond acceptors (Lipinski definition) is 4. The summed E-state index contributed by atoms with van der Waals surface area (Å²) in [4.78, 5) is 8.78. The molecule has 0 saturated heterocycles. The van der Waals surface area contributed by atoms with Crippen molar-refractivity contribution in [3.05, 3.63) is 35.9 Å². The zero-order valence-corrected chi connectivity index (χ0v) is 10.8. The minimum Gasteiger partial charge on any atom is -0.542 e. The van der Waals surface area contributed by atoms with Gasteiger partial charge in [-0.05, 0) is 5.56 Å². The summed E-state index contributed by atoms with van der Waals surface area (Å²) in [7, 11) is 1.48. The predicted octanol–water partition coefficient (Wildman–Crippen LogP) is -0.897. The first kappa shape index (κ1) is 18.4. The van der Waals surface area contributed by atoms with Crippen molar-refractivity contribution in [2.24, 2.45) is 0 Å². The minimum absolute atomic E-state index is 0.118. The molecule has 0 aliphatic heterocycles. The number of carboxylic acid groups (broad SMARTS) is 1. The molecule has 0 fully saturated rings. The summed E-state index contributed by atoms with van der Waals surface area (Å²) in [5, 5.41) is 18.1. The van der Waals surface area contributed by atoms with Crippen LogP contribution in [0.2, 0.25) is 0 Å². The van der Waals surface area contributed by atoms with Crippen LogP contribution in [0.25, 0.3) is 0 Å². The topological polar surface area (TPSA) is 97.2 Å². The van der Waals surface area contributed by atoms with E-state index >= 15 is 0 Å². The van der Waals surface area contributed by atoms with E-state index < -0.39 is 18.4 Å². The Balaban J connectivity index is 0.000000441. The predicted molar refractivity (Wildman–Crippen MR) is 60.9 cm³/mol. The summed E-state index contributed by atoms with van der Waals surface area (Å²) in [6.45, 7) is 0. The van der Waals surface area contributed by atoms with Crippen molar-refractivity contribution < 1.29 is 38.6 Å². The van der Waals surface area contributed by atoms with Gasteiger partial charge < -0.3 is 25.5 Å². The molecule has 20 heavy (non-hydrogen) atoms. The Kier molecular flexibility index (Phi) is 7.82. The maximum Gasteiger partial charge on any atom is 0.430 e. The molecule has 0 aliphatic carbocycles. The molecule has 0 saturated carbocycles. The van der Waals surface area contributed by atoms with Crippen LogP contribution >= 0.6 is 0 Å². The molecule has 0 spiro atoms. The van der Waals surface area contributed by atoms with Crippen LogP contribution in [-0.4, -0.2) is 36.7 Å². The van der Waals surface area contributed by atoms with Crippen LogP contribution in [0.5, 0.6) is 0 Å². The Morgan fingerprint density at radius 2 is 1.85 bits per heavy atom. The molecule has 0 amide bonds. The van der Waals surface area contributed by atoms with E-state index in [2.05, 4.69) is 5.73 Å². The summed E-state index contributed by atoms with van der Waals surface area (Å²) in [6, 6.07) is 9.82. The molecule has 8 heteroatoms. The molecule has 0 aliphatic rings. The lowest BCUT2D eigenvalue weighted by Crippen LogP contribution is -2.67. The monoisotopic (exact) mass is 295 g/mol. The van der Waals surface area contributed by atoms with E-state index in [4.69, 9.17) is 14.6 Å². The first-order valence-corrected chi connectivity index (χ1v) is 5.54. The maximum absolute atomic E-state index is 10.5. The highest BCUT2D eigenvalue weighted by Crippen LogP contribution is 2.11. The Bertz CT molecular complexity index is 397. The normalized spacial score (nSPS) is 13.9. The minimum atomic E-state index is -5.19. The fourth-order valence-corrected chi connectivity index (χ4v) is 1.21. The first-order chi connectivity index (χ1) is 9.18. The van der Waals surface area contributed by atoms with Crippen molar-refractivity contribution in [1.29, 1.82) is 0 Å². The van der Waals surface area contributed by atoms with Gasteiger partial charge in [-0.15, -0.1) is 0 Å². The number of carbonyl (C=O) groups excluding carboxylic acids is 1. The van der Waals surface area contributed by atoms with Crippen LogP contribution in [0, 0.1) is 0 Å². The van der Waals surface area contributed by atoms with E-state index in [1.54, 1.807) is 0 Å². The molecule has 0 aromatic heterocycles. The van der Waals surface area contributed by atoms with E-state index in [1.165, 1.54) is 12.7 Å². The van der Waals surface area contributed by atoms with Gasteiger partial charge in [-0.2, -0.15) is 13.2 Å². The average Bonchev–Trinajstić information content (AvgIpc) is 2.38. The lowest BCUT2D eigenvalue weighted by Gasteiger charge is -2.13.